The number of pyridine rings is 1. The van der Waals surface area contributed by atoms with Gasteiger partial charge >= 0.3 is 5.97 Å². The van der Waals surface area contributed by atoms with Gasteiger partial charge in [-0.3, -0.25) is 4.79 Å². The second kappa shape index (κ2) is 12.2. The SMILES string of the molecule is Cc1ccnc(NCC2CCN(c3ccc(CC(C(=O)O)N(C)C(=O)C4CCCCC4)cc3)CC2)c1. The molecule has 1 aliphatic carbocycles. The van der Waals surface area contributed by atoms with Crippen molar-refractivity contribution >= 4 is 23.4 Å². The lowest BCUT2D eigenvalue weighted by atomic mass is 9.88. The fourth-order valence-electron chi connectivity index (χ4n) is 5.52. The van der Waals surface area contributed by atoms with Crippen LogP contribution in [0.3, 0.4) is 0 Å². The topological polar surface area (TPSA) is 85.8 Å². The Kier molecular flexibility index (Phi) is 8.83. The molecule has 2 heterocycles. The third-order valence-electron chi connectivity index (χ3n) is 7.89. The van der Waals surface area contributed by atoms with E-state index in [-0.39, 0.29) is 11.8 Å². The smallest absolute Gasteiger partial charge is 0.326 e. The summed E-state index contributed by atoms with van der Waals surface area (Å²) in [6, 6.07) is 11.5. The van der Waals surface area contributed by atoms with Crippen molar-refractivity contribution in [3.63, 3.8) is 0 Å². The fraction of sp³-hybridized carbons (Fsp3) is 0.552. The second-order valence-electron chi connectivity index (χ2n) is 10.5. The van der Waals surface area contributed by atoms with E-state index in [1.165, 1.54) is 22.6 Å². The summed E-state index contributed by atoms with van der Waals surface area (Å²) in [5, 5.41) is 13.3. The normalized spacial score (nSPS) is 18.0. The molecule has 2 aromatic rings. The van der Waals surface area contributed by atoms with Gasteiger partial charge in [-0.2, -0.15) is 0 Å². The maximum absolute atomic E-state index is 12.9. The van der Waals surface area contributed by atoms with Gasteiger partial charge in [0.25, 0.3) is 0 Å². The number of aliphatic carboxylic acids is 1. The van der Waals surface area contributed by atoms with E-state index in [2.05, 4.69) is 40.3 Å². The Morgan fingerprint density at radius 2 is 1.78 bits per heavy atom. The molecule has 1 atom stereocenters. The highest BCUT2D eigenvalue weighted by Gasteiger charge is 2.32. The Balaban J connectivity index is 1.28. The van der Waals surface area contributed by atoms with Gasteiger partial charge in [-0.15, -0.1) is 0 Å². The molecule has 194 valence electrons. The number of hydrogen-bond acceptors (Lipinski definition) is 5. The molecule has 4 rings (SSSR count). The number of carboxylic acids is 1. The van der Waals surface area contributed by atoms with Crippen LogP contribution in [0.1, 0.15) is 56.1 Å². The van der Waals surface area contributed by atoms with Crippen molar-refractivity contribution in [1.82, 2.24) is 9.88 Å². The molecule has 1 aromatic carbocycles. The number of aryl methyl sites for hydroxylation is 1. The molecule has 0 spiro atoms. The summed E-state index contributed by atoms with van der Waals surface area (Å²) in [6.07, 6.45) is 9.44. The minimum Gasteiger partial charge on any atom is -0.480 e. The minimum atomic E-state index is -0.942. The van der Waals surface area contributed by atoms with E-state index in [0.29, 0.717) is 12.3 Å². The molecule has 0 radical (unpaired) electrons. The minimum absolute atomic E-state index is 0.0192. The zero-order valence-corrected chi connectivity index (χ0v) is 21.7. The third-order valence-corrected chi connectivity index (χ3v) is 7.89. The maximum atomic E-state index is 12.9. The average molecular weight is 493 g/mol. The van der Waals surface area contributed by atoms with Gasteiger partial charge in [0.2, 0.25) is 5.91 Å². The summed E-state index contributed by atoms with van der Waals surface area (Å²) >= 11 is 0. The number of carbonyl (C=O) groups excluding carboxylic acids is 1. The monoisotopic (exact) mass is 492 g/mol. The number of amides is 1. The fourth-order valence-corrected chi connectivity index (χ4v) is 5.52. The summed E-state index contributed by atoms with van der Waals surface area (Å²) in [4.78, 5) is 33.2. The van der Waals surface area contributed by atoms with E-state index in [4.69, 9.17) is 0 Å². The number of rotatable bonds is 9. The first kappa shape index (κ1) is 26.0. The number of nitrogens with one attached hydrogen (secondary N) is 1. The molecule has 0 bridgehead atoms. The summed E-state index contributed by atoms with van der Waals surface area (Å²) in [5.41, 5.74) is 3.33. The largest absolute Gasteiger partial charge is 0.480 e. The molecule has 1 aliphatic heterocycles. The van der Waals surface area contributed by atoms with E-state index in [1.807, 2.05) is 24.4 Å². The lowest BCUT2D eigenvalue weighted by Crippen LogP contribution is -2.46. The number of hydrogen-bond donors (Lipinski definition) is 2. The number of carbonyl (C=O) groups is 2. The van der Waals surface area contributed by atoms with Crippen LogP contribution < -0.4 is 10.2 Å². The van der Waals surface area contributed by atoms with E-state index < -0.39 is 12.0 Å². The first-order valence-corrected chi connectivity index (χ1v) is 13.4. The van der Waals surface area contributed by atoms with E-state index in [1.54, 1.807) is 7.05 Å². The molecular formula is C29H40N4O3. The van der Waals surface area contributed by atoms with Gasteiger partial charge in [-0.1, -0.05) is 31.4 Å². The van der Waals surface area contributed by atoms with Crippen molar-refractivity contribution in [3.05, 3.63) is 53.7 Å². The van der Waals surface area contributed by atoms with Crippen LogP contribution in [-0.4, -0.2) is 59.6 Å². The van der Waals surface area contributed by atoms with Gasteiger partial charge in [0.05, 0.1) is 0 Å². The van der Waals surface area contributed by atoms with E-state index in [0.717, 1.165) is 69.5 Å². The van der Waals surface area contributed by atoms with Gasteiger partial charge in [0.15, 0.2) is 0 Å². The van der Waals surface area contributed by atoms with Crippen molar-refractivity contribution in [1.29, 1.82) is 0 Å². The molecule has 1 saturated heterocycles. The van der Waals surface area contributed by atoms with Crippen LogP contribution in [0.15, 0.2) is 42.6 Å². The highest BCUT2D eigenvalue weighted by molar-refractivity contribution is 5.85. The Labute approximate surface area is 214 Å². The highest BCUT2D eigenvalue weighted by atomic mass is 16.4. The van der Waals surface area contributed by atoms with Crippen LogP contribution >= 0.6 is 0 Å². The van der Waals surface area contributed by atoms with Crippen molar-refractivity contribution in [2.75, 3.05) is 36.9 Å². The van der Waals surface area contributed by atoms with Crippen molar-refractivity contribution in [2.24, 2.45) is 11.8 Å². The molecule has 2 aliphatic rings. The van der Waals surface area contributed by atoms with E-state index >= 15 is 0 Å². The standard InChI is InChI=1S/C29H40N4O3/c1-21-12-15-30-27(18-21)31-20-23-13-16-33(17-14-23)25-10-8-22(9-11-25)19-26(29(35)36)32(2)28(34)24-6-4-3-5-7-24/h8-12,15,18,23-24,26H,3-7,13-14,16-17,19-20H2,1-2H3,(H,30,31)(H,35,36). The zero-order valence-electron chi connectivity index (χ0n) is 21.7. The quantitative estimate of drug-likeness (QED) is 0.525. The van der Waals surface area contributed by atoms with Gasteiger partial charge in [0, 0.05) is 50.9 Å². The summed E-state index contributed by atoms with van der Waals surface area (Å²) in [5.74, 6) is 0.575. The predicted molar refractivity (Wildman–Crippen MR) is 143 cm³/mol. The molecule has 2 fully saturated rings. The van der Waals surface area contributed by atoms with Crippen LogP contribution in [0.25, 0.3) is 0 Å². The van der Waals surface area contributed by atoms with Gasteiger partial charge < -0.3 is 20.2 Å². The van der Waals surface area contributed by atoms with Crippen LogP contribution in [-0.2, 0) is 16.0 Å². The molecule has 7 nitrogen and oxygen atoms in total. The number of piperidine rings is 1. The lowest BCUT2D eigenvalue weighted by Gasteiger charge is -2.34. The number of aromatic nitrogens is 1. The third kappa shape index (κ3) is 6.77. The number of nitrogens with zero attached hydrogens (tertiary/aromatic N) is 3. The van der Waals surface area contributed by atoms with Crippen LogP contribution in [0.4, 0.5) is 11.5 Å². The van der Waals surface area contributed by atoms with E-state index in [9.17, 15) is 14.7 Å². The molecule has 1 unspecified atom stereocenters. The summed E-state index contributed by atoms with van der Waals surface area (Å²) in [7, 11) is 1.65. The van der Waals surface area contributed by atoms with Gasteiger partial charge in [0.1, 0.15) is 11.9 Å². The number of anilines is 2. The average Bonchev–Trinajstić information content (AvgIpc) is 2.91. The lowest BCUT2D eigenvalue weighted by molar-refractivity contribution is -0.151. The number of benzene rings is 1. The first-order chi connectivity index (χ1) is 17.4. The summed E-state index contributed by atoms with van der Waals surface area (Å²) < 4.78 is 0. The Bertz CT molecular complexity index is 1010. The summed E-state index contributed by atoms with van der Waals surface area (Å²) in [6.45, 7) is 5.02. The molecule has 1 saturated carbocycles. The van der Waals surface area contributed by atoms with Gasteiger partial charge in [-0.25, -0.2) is 9.78 Å². The van der Waals surface area contributed by atoms with Crippen LogP contribution in [0.5, 0.6) is 0 Å². The van der Waals surface area contributed by atoms with Crippen molar-refractivity contribution in [3.8, 4) is 0 Å². The maximum Gasteiger partial charge on any atom is 0.326 e. The Morgan fingerprint density at radius 1 is 1.08 bits per heavy atom. The molecule has 2 N–H and O–H groups in total. The molecule has 1 aromatic heterocycles. The number of carboxylic acid groups (broad SMARTS) is 1. The van der Waals surface area contributed by atoms with Crippen molar-refractivity contribution in [2.45, 2.75) is 64.3 Å². The second-order valence-corrected chi connectivity index (χ2v) is 10.5. The molecular weight excluding hydrogens is 452 g/mol. The predicted octanol–water partition coefficient (Wildman–Crippen LogP) is 4.75. The Morgan fingerprint density at radius 3 is 2.42 bits per heavy atom. The molecule has 36 heavy (non-hydrogen) atoms. The van der Waals surface area contributed by atoms with Crippen LogP contribution in [0.2, 0.25) is 0 Å². The van der Waals surface area contributed by atoms with Crippen LogP contribution in [0, 0.1) is 18.8 Å². The molecule has 7 heteroatoms. The highest BCUT2D eigenvalue weighted by Crippen LogP contribution is 2.27. The van der Waals surface area contributed by atoms with Gasteiger partial charge in [-0.05, 0) is 73.9 Å². The zero-order chi connectivity index (χ0) is 25.5. The first-order valence-electron chi connectivity index (χ1n) is 13.4. The van der Waals surface area contributed by atoms with Crippen molar-refractivity contribution < 1.29 is 14.7 Å². The Hall–Kier alpha value is -3.09. The number of likely N-dealkylation sites (N-methyl/N-ethyl adjacent to an activating group) is 1. The molecule has 1 amide bonds.